The first-order valence-electron chi connectivity index (χ1n) is 5.55. The maximum Gasteiger partial charge on any atom is 0.446 e. The molecule has 0 atom stereocenters. The summed E-state index contributed by atoms with van der Waals surface area (Å²) in [4.78, 5) is 22.6. The van der Waals surface area contributed by atoms with E-state index in [0.717, 1.165) is 12.1 Å². The van der Waals surface area contributed by atoms with Crippen molar-refractivity contribution in [3.8, 4) is 12.3 Å². The molecule has 0 spiro atoms. The van der Waals surface area contributed by atoms with Gasteiger partial charge in [0, 0.05) is 4.90 Å². The van der Waals surface area contributed by atoms with Crippen molar-refractivity contribution >= 4 is 23.6 Å². The monoisotopic (exact) mass is 317 g/mol. The van der Waals surface area contributed by atoms with Crippen LogP contribution in [0.1, 0.15) is 10.4 Å². The molecule has 0 fully saturated rings. The maximum atomic E-state index is 12.1. The van der Waals surface area contributed by atoms with Gasteiger partial charge >= 0.3 is 11.5 Å². The number of esters is 1. The third kappa shape index (κ3) is 6.72. The second-order valence-electron chi connectivity index (χ2n) is 3.63. The molecule has 8 heteroatoms. The van der Waals surface area contributed by atoms with Crippen LogP contribution in [-0.4, -0.2) is 30.5 Å². The fraction of sp³-hybridized carbons (Fsp3) is 0.231. The lowest BCUT2D eigenvalue weighted by Crippen LogP contribution is -2.28. The molecule has 0 saturated heterocycles. The van der Waals surface area contributed by atoms with Crippen molar-refractivity contribution in [3.05, 3.63) is 29.8 Å². The molecule has 0 saturated carbocycles. The average molecular weight is 317 g/mol. The molecule has 1 N–H and O–H groups in total. The van der Waals surface area contributed by atoms with Gasteiger partial charge in [0.15, 0.2) is 6.61 Å². The lowest BCUT2D eigenvalue weighted by Gasteiger charge is -2.07. The van der Waals surface area contributed by atoms with Crippen LogP contribution in [0.4, 0.5) is 13.2 Å². The zero-order valence-electron chi connectivity index (χ0n) is 10.6. The van der Waals surface area contributed by atoms with Gasteiger partial charge in [-0.1, -0.05) is 5.92 Å². The number of amides is 1. The number of ether oxygens (including phenoxy) is 1. The molecule has 0 radical (unpaired) electrons. The van der Waals surface area contributed by atoms with Gasteiger partial charge in [-0.2, -0.15) is 13.2 Å². The lowest BCUT2D eigenvalue weighted by atomic mass is 10.2. The summed E-state index contributed by atoms with van der Waals surface area (Å²) in [6.07, 6.45) is 4.93. The normalized spacial score (nSPS) is 10.6. The molecular weight excluding hydrogens is 307 g/mol. The minimum absolute atomic E-state index is 0.0136. The Morgan fingerprint density at radius 2 is 1.90 bits per heavy atom. The molecule has 0 unspecified atom stereocenters. The van der Waals surface area contributed by atoms with Gasteiger partial charge in [-0.25, -0.2) is 4.79 Å². The van der Waals surface area contributed by atoms with E-state index in [4.69, 9.17) is 6.42 Å². The van der Waals surface area contributed by atoms with E-state index in [1.54, 1.807) is 0 Å². The number of nitrogens with one attached hydrogen (secondary N) is 1. The number of alkyl halides is 3. The van der Waals surface area contributed by atoms with E-state index in [-0.39, 0.29) is 28.8 Å². The van der Waals surface area contributed by atoms with Gasteiger partial charge in [-0.05, 0) is 36.0 Å². The molecule has 0 heterocycles. The quantitative estimate of drug-likeness (QED) is 0.514. The first kappa shape index (κ1) is 16.9. The summed E-state index contributed by atoms with van der Waals surface area (Å²) in [6.45, 7) is -0.501. The molecule has 0 aliphatic heterocycles. The van der Waals surface area contributed by atoms with E-state index in [1.807, 2.05) is 0 Å². The Balaban J connectivity index is 2.52. The number of thioether (sulfide) groups is 1. The summed E-state index contributed by atoms with van der Waals surface area (Å²) in [7, 11) is 0. The number of benzene rings is 1. The van der Waals surface area contributed by atoms with E-state index in [2.05, 4.69) is 16.0 Å². The molecule has 1 aromatic carbocycles. The Bertz CT molecular complexity index is 549. The number of carbonyl (C=O) groups is 2. The van der Waals surface area contributed by atoms with Crippen LogP contribution in [0.2, 0.25) is 0 Å². The third-order valence-corrected chi connectivity index (χ3v) is 2.78. The minimum atomic E-state index is -4.39. The third-order valence-electron chi connectivity index (χ3n) is 2.05. The first-order valence-corrected chi connectivity index (χ1v) is 6.36. The molecule has 21 heavy (non-hydrogen) atoms. The molecule has 112 valence electrons. The van der Waals surface area contributed by atoms with Crippen molar-refractivity contribution in [1.82, 2.24) is 5.32 Å². The van der Waals surface area contributed by atoms with Crippen molar-refractivity contribution in [2.75, 3.05) is 13.2 Å². The molecular formula is C13H10F3NO3S. The van der Waals surface area contributed by atoms with E-state index in [9.17, 15) is 22.8 Å². The largest absolute Gasteiger partial charge is 0.452 e. The molecule has 1 rings (SSSR count). The van der Waals surface area contributed by atoms with E-state index in [1.165, 1.54) is 12.1 Å². The van der Waals surface area contributed by atoms with Crippen LogP contribution in [-0.2, 0) is 9.53 Å². The second kappa shape index (κ2) is 7.59. The molecule has 0 aliphatic rings. The van der Waals surface area contributed by atoms with Crippen molar-refractivity contribution in [3.63, 3.8) is 0 Å². The average Bonchev–Trinajstić information content (AvgIpc) is 2.41. The lowest BCUT2D eigenvalue weighted by molar-refractivity contribution is -0.123. The number of hydrogen-bond donors (Lipinski definition) is 1. The van der Waals surface area contributed by atoms with Crippen LogP contribution in [0.5, 0.6) is 0 Å². The standard InChI is InChI=1S/C13H10F3NO3S/c1-2-7-17-11(18)8-20-12(19)9-3-5-10(6-4-9)21-13(14,15)16/h1,3-6H,7-8H2,(H,17,18). The fourth-order valence-corrected chi connectivity index (χ4v) is 1.75. The Hall–Kier alpha value is -2.14. The Kier molecular flexibility index (Phi) is 6.11. The molecule has 0 bridgehead atoms. The van der Waals surface area contributed by atoms with E-state index < -0.39 is 24.0 Å². The van der Waals surface area contributed by atoms with Gasteiger partial charge < -0.3 is 10.1 Å². The summed E-state index contributed by atoms with van der Waals surface area (Å²) in [6, 6.07) is 4.67. The molecule has 4 nitrogen and oxygen atoms in total. The first-order chi connectivity index (χ1) is 9.81. The maximum absolute atomic E-state index is 12.1. The summed E-state index contributed by atoms with van der Waals surface area (Å²) in [5.41, 5.74) is -4.34. The van der Waals surface area contributed by atoms with Crippen molar-refractivity contribution < 1.29 is 27.5 Å². The topological polar surface area (TPSA) is 55.4 Å². The summed E-state index contributed by atoms with van der Waals surface area (Å²) in [5, 5.41) is 2.29. The van der Waals surface area contributed by atoms with Crippen molar-refractivity contribution in [2.45, 2.75) is 10.4 Å². The highest BCUT2D eigenvalue weighted by atomic mass is 32.2. The number of carbonyl (C=O) groups excluding carboxylic acids is 2. The van der Waals surface area contributed by atoms with Gasteiger partial charge in [0.2, 0.25) is 0 Å². The van der Waals surface area contributed by atoms with E-state index in [0.29, 0.717) is 0 Å². The fourth-order valence-electron chi connectivity index (χ4n) is 1.21. The predicted molar refractivity (Wildman–Crippen MR) is 70.5 cm³/mol. The van der Waals surface area contributed by atoms with E-state index >= 15 is 0 Å². The van der Waals surface area contributed by atoms with Gasteiger partial charge in [0.25, 0.3) is 5.91 Å². The van der Waals surface area contributed by atoms with Crippen LogP contribution in [0.15, 0.2) is 29.2 Å². The zero-order valence-corrected chi connectivity index (χ0v) is 11.4. The highest BCUT2D eigenvalue weighted by Gasteiger charge is 2.29. The summed E-state index contributed by atoms with van der Waals surface area (Å²) < 4.78 is 41.1. The zero-order chi connectivity index (χ0) is 15.9. The number of hydrogen-bond acceptors (Lipinski definition) is 4. The molecule has 0 aromatic heterocycles. The van der Waals surface area contributed by atoms with Crippen molar-refractivity contribution in [1.29, 1.82) is 0 Å². The summed E-state index contributed by atoms with van der Waals surface area (Å²) >= 11 is -0.287. The van der Waals surface area contributed by atoms with Gasteiger partial charge in [0.05, 0.1) is 12.1 Å². The Morgan fingerprint density at radius 1 is 1.29 bits per heavy atom. The SMILES string of the molecule is C#CCNC(=O)COC(=O)c1ccc(SC(F)(F)F)cc1. The van der Waals surface area contributed by atoms with Crippen LogP contribution >= 0.6 is 11.8 Å². The molecule has 0 aliphatic carbocycles. The highest BCUT2D eigenvalue weighted by molar-refractivity contribution is 8.00. The smallest absolute Gasteiger partial charge is 0.446 e. The van der Waals surface area contributed by atoms with Crippen LogP contribution in [0.3, 0.4) is 0 Å². The van der Waals surface area contributed by atoms with Gasteiger partial charge in [-0.3, -0.25) is 4.79 Å². The van der Waals surface area contributed by atoms with Crippen LogP contribution in [0, 0.1) is 12.3 Å². The Labute approximate surface area is 123 Å². The number of rotatable bonds is 5. The molecule has 1 amide bonds. The highest BCUT2D eigenvalue weighted by Crippen LogP contribution is 2.36. The second-order valence-corrected chi connectivity index (χ2v) is 4.77. The summed E-state index contributed by atoms with van der Waals surface area (Å²) in [5.74, 6) is 0.801. The Morgan fingerprint density at radius 3 is 2.43 bits per heavy atom. The minimum Gasteiger partial charge on any atom is -0.452 e. The van der Waals surface area contributed by atoms with Gasteiger partial charge in [0.1, 0.15) is 0 Å². The van der Waals surface area contributed by atoms with Crippen LogP contribution in [0.25, 0.3) is 0 Å². The van der Waals surface area contributed by atoms with Crippen molar-refractivity contribution in [2.24, 2.45) is 0 Å². The number of halogens is 3. The van der Waals surface area contributed by atoms with Gasteiger partial charge in [-0.15, -0.1) is 6.42 Å². The number of terminal acetylenes is 1. The predicted octanol–water partition coefficient (Wildman–Crippen LogP) is 2.20. The van der Waals surface area contributed by atoms with Crippen LogP contribution < -0.4 is 5.32 Å². The molecule has 1 aromatic rings.